The van der Waals surface area contributed by atoms with Crippen molar-refractivity contribution in [3.8, 4) is 0 Å². The first-order chi connectivity index (χ1) is 6.36. The Bertz CT molecular complexity index is 335. The molecule has 0 aliphatic carbocycles. The van der Waals surface area contributed by atoms with Gasteiger partial charge in [0.25, 0.3) is 0 Å². The normalized spacial score (nSPS) is 11.5. The highest BCUT2D eigenvalue weighted by atomic mass is 14.8. The van der Waals surface area contributed by atoms with Crippen molar-refractivity contribution in [1.29, 1.82) is 0 Å². The van der Waals surface area contributed by atoms with Gasteiger partial charge in [0.2, 0.25) is 0 Å². The highest BCUT2D eigenvalue weighted by molar-refractivity contribution is 5.71. The van der Waals surface area contributed by atoms with Crippen LogP contribution >= 0.6 is 0 Å². The van der Waals surface area contributed by atoms with Crippen molar-refractivity contribution in [3.63, 3.8) is 0 Å². The third kappa shape index (κ3) is 2.00. The molecule has 0 bridgehead atoms. The maximum Gasteiger partial charge on any atom is 0.0579 e. The summed E-state index contributed by atoms with van der Waals surface area (Å²) in [6.07, 6.45) is 0. The Kier molecular flexibility index (Phi) is 2.74. The monoisotopic (exact) mass is 192 g/mol. The van der Waals surface area contributed by atoms with Gasteiger partial charge in [-0.25, -0.2) is 0 Å². The fraction of sp³-hybridized carbons (Fsp3) is 0.500. The lowest BCUT2D eigenvalue weighted by Gasteiger charge is -2.22. The second kappa shape index (κ2) is 3.52. The quantitative estimate of drug-likeness (QED) is 0.671. The summed E-state index contributed by atoms with van der Waals surface area (Å²) < 4.78 is 0. The summed E-state index contributed by atoms with van der Waals surface area (Å²) in [5.74, 6) is 0. The molecule has 0 amide bonds. The molecular formula is C12H20N2. The Balaban J connectivity index is 3.30. The van der Waals surface area contributed by atoms with E-state index in [0.29, 0.717) is 0 Å². The Morgan fingerprint density at radius 2 is 1.79 bits per heavy atom. The van der Waals surface area contributed by atoms with Crippen LogP contribution in [-0.2, 0) is 5.41 Å². The van der Waals surface area contributed by atoms with Crippen molar-refractivity contribution < 1.29 is 0 Å². The zero-order chi connectivity index (χ0) is 10.9. The number of nitrogen functional groups attached to an aromatic ring is 1. The van der Waals surface area contributed by atoms with Crippen molar-refractivity contribution in [2.45, 2.75) is 33.1 Å². The summed E-state index contributed by atoms with van der Waals surface area (Å²) in [6.45, 7) is 8.66. The first-order valence-corrected chi connectivity index (χ1v) is 4.94. The topological polar surface area (TPSA) is 38.0 Å². The standard InChI is InChI=1S/C12H20N2/c1-8-6-9(12(2,3)4)7-10(14-5)11(8)13/h6-7,14H,13H2,1-5H3. The number of rotatable bonds is 1. The van der Waals surface area contributed by atoms with Gasteiger partial charge in [-0.05, 0) is 29.5 Å². The number of hydrogen-bond donors (Lipinski definition) is 2. The van der Waals surface area contributed by atoms with Crippen LogP contribution in [0, 0.1) is 6.92 Å². The first-order valence-electron chi connectivity index (χ1n) is 4.94. The predicted octanol–water partition coefficient (Wildman–Crippen LogP) is 2.92. The van der Waals surface area contributed by atoms with Crippen molar-refractivity contribution in [1.82, 2.24) is 0 Å². The highest BCUT2D eigenvalue weighted by Crippen LogP contribution is 2.30. The smallest absolute Gasteiger partial charge is 0.0579 e. The number of aryl methyl sites for hydroxylation is 1. The van der Waals surface area contributed by atoms with Gasteiger partial charge in [-0.3, -0.25) is 0 Å². The molecule has 14 heavy (non-hydrogen) atoms. The Hall–Kier alpha value is -1.18. The molecule has 0 aliphatic rings. The van der Waals surface area contributed by atoms with Gasteiger partial charge in [0.05, 0.1) is 11.4 Å². The summed E-state index contributed by atoms with van der Waals surface area (Å²) >= 11 is 0. The van der Waals surface area contributed by atoms with Gasteiger partial charge in [-0.1, -0.05) is 26.8 Å². The number of hydrogen-bond acceptors (Lipinski definition) is 2. The first kappa shape index (κ1) is 10.9. The van der Waals surface area contributed by atoms with Crippen molar-refractivity contribution in [3.05, 3.63) is 23.3 Å². The van der Waals surface area contributed by atoms with E-state index in [2.05, 4.69) is 38.2 Å². The van der Waals surface area contributed by atoms with Gasteiger partial charge in [0.15, 0.2) is 0 Å². The number of benzene rings is 1. The van der Waals surface area contributed by atoms with E-state index in [1.807, 2.05) is 14.0 Å². The third-order valence-electron chi connectivity index (χ3n) is 2.52. The van der Waals surface area contributed by atoms with Gasteiger partial charge in [0, 0.05) is 7.05 Å². The summed E-state index contributed by atoms with van der Waals surface area (Å²) in [7, 11) is 1.90. The van der Waals surface area contributed by atoms with E-state index in [4.69, 9.17) is 5.73 Å². The second-order valence-electron chi connectivity index (χ2n) is 4.75. The van der Waals surface area contributed by atoms with E-state index >= 15 is 0 Å². The van der Waals surface area contributed by atoms with Crippen LogP contribution in [0.4, 0.5) is 11.4 Å². The van der Waals surface area contributed by atoms with Crippen molar-refractivity contribution in [2.75, 3.05) is 18.1 Å². The molecule has 0 unspecified atom stereocenters. The minimum Gasteiger partial charge on any atom is -0.397 e. The van der Waals surface area contributed by atoms with Crippen LogP contribution in [0.2, 0.25) is 0 Å². The van der Waals surface area contributed by atoms with Crippen molar-refractivity contribution >= 4 is 11.4 Å². The van der Waals surface area contributed by atoms with Gasteiger partial charge < -0.3 is 11.1 Å². The minimum atomic E-state index is 0.171. The molecule has 0 heterocycles. The van der Waals surface area contributed by atoms with E-state index in [0.717, 1.165) is 16.9 Å². The second-order valence-corrected chi connectivity index (χ2v) is 4.75. The summed E-state index contributed by atoms with van der Waals surface area (Å²) in [5, 5.41) is 3.12. The Morgan fingerprint density at radius 3 is 2.21 bits per heavy atom. The molecule has 0 atom stereocenters. The molecule has 0 spiro atoms. The van der Waals surface area contributed by atoms with Gasteiger partial charge in [0.1, 0.15) is 0 Å². The predicted molar refractivity (Wildman–Crippen MR) is 63.8 cm³/mol. The lowest BCUT2D eigenvalue weighted by molar-refractivity contribution is 0.590. The summed E-state index contributed by atoms with van der Waals surface area (Å²) in [4.78, 5) is 0. The van der Waals surface area contributed by atoms with Crippen LogP contribution in [0.1, 0.15) is 31.9 Å². The zero-order valence-corrected chi connectivity index (χ0v) is 9.73. The maximum absolute atomic E-state index is 5.94. The van der Waals surface area contributed by atoms with Crippen LogP contribution in [0.25, 0.3) is 0 Å². The van der Waals surface area contributed by atoms with Crippen LogP contribution < -0.4 is 11.1 Å². The lowest BCUT2D eigenvalue weighted by Crippen LogP contribution is -2.12. The molecule has 0 fully saturated rings. The minimum absolute atomic E-state index is 0.171. The average molecular weight is 192 g/mol. The fourth-order valence-electron chi connectivity index (χ4n) is 1.44. The Labute approximate surface area is 86.5 Å². The van der Waals surface area contributed by atoms with E-state index < -0.39 is 0 Å². The number of anilines is 2. The van der Waals surface area contributed by atoms with Crippen molar-refractivity contribution in [2.24, 2.45) is 0 Å². The van der Waals surface area contributed by atoms with Gasteiger partial charge >= 0.3 is 0 Å². The third-order valence-corrected chi connectivity index (χ3v) is 2.52. The molecule has 1 aromatic carbocycles. The summed E-state index contributed by atoms with van der Waals surface area (Å²) in [6, 6.07) is 4.29. The summed E-state index contributed by atoms with van der Waals surface area (Å²) in [5.41, 5.74) is 10.4. The van der Waals surface area contributed by atoms with Gasteiger partial charge in [-0.15, -0.1) is 0 Å². The maximum atomic E-state index is 5.94. The zero-order valence-electron chi connectivity index (χ0n) is 9.73. The fourth-order valence-corrected chi connectivity index (χ4v) is 1.44. The molecule has 3 N–H and O–H groups in total. The molecule has 1 rings (SSSR count). The van der Waals surface area contributed by atoms with Crippen LogP contribution in [-0.4, -0.2) is 7.05 Å². The molecular weight excluding hydrogens is 172 g/mol. The molecule has 0 saturated carbocycles. The molecule has 2 nitrogen and oxygen atoms in total. The molecule has 78 valence electrons. The van der Waals surface area contributed by atoms with Crippen LogP contribution in [0.15, 0.2) is 12.1 Å². The largest absolute Gasteiger partial charge is 0.397 e. The number of nitrogens with two attached hydrogens (primary N) is 1. The number of nitrogens with one attached hydrogen (secondary N) is 1. The van der Waals surface area contributed by atoms with Crippen LogP contribution in [0.5, 0.6) is 0 Å². The molecule has 1 aromatic rings. The van der Waals surface area contributed by atoms with E-state index in [-0.39, 0.29) is 5.41 Å². The highest BCUT2D eigenvalue weighted by Gasteiger charge is 2.15. The molecule has 2 heteroatoms. The van der Waals surface area contributed by atoms with Gasteiger partial charge in [-0.2, -0.15) is 0 Å². The van der Waals surface area contributed by atoms with E-state index in [1.165, 1.54) is 5.56 Å². The van der Waals surface area contributed by atoms with E-state index in [1.54, 1.807) is 0 Å². The average Bonchev–Trinajstić information content (AvgIpc) is 2.07. The van der Waals surface area contributed by atoms with E-state index in [9.17, 15) is 0 Å². The molecule has 0 aromatic heterocycles. The SMILES string of the molecule is CNc1cc(C(C)(C)C)cc(C)c1N. The molecule has 0 aliphatic heterocycles. The molecule has 0 saturated heterocycles. The molecule has 0 radical (unpaired) electrons. The van der Waals surface area contributed by atoms with Crippen LogP contribution in [0.3, 0.4) is 0 Å². The Morgan fingerprint density at radius 1 is 1.21 bits per heavy atom. The lowest BCUT2D eigenvalue weighted by atomic mass is 9.85.